The number of carbonyl (C=O) groups is 1. The first-order chi connectivity index (χ1) is 10.1. The Hall–Kier alpha value is -1.59. The van der Waals surface area contributed by atoms with Crippen LogP contribution in [0.2, 0.25) is 0 Å². The molecule has 0 bridgehead atoms. The summed E-state index contributed by atoms with van der Waals surface area (Å²) in [6, 6.07) is 7.45. The Labute approximate surface area is 126 Å². The van der Waals surface area contributed by atoms with Crippen molar-refractivity contribution in [3.05, 3.63) is 24.3 Å². The van der Waals surface area contributed by atoms with Gasteiger partial charge in [-0.2, -0.15) is 0 Å². The Morgan fingerprint density at radius 3 is 2.67 bits per heavy atom. The summed E-state index contributed by atoms with van der Waals surface area (Å²) in [6.45, 7) is 6.11. The molecule has 1 amide bonds. The van der Waals surface area contributed by atoms with E-state index in [-0.39, 0.29) is 18.1 Å². The van der Waals surface area contributed by atoms with Crippen molar-refractivity contribution in [1.29, 1.82) is 0 Å². The molecule has 1 atom stereocenters. The van der Waals surface area contributed by atoms with Crippen molar-refractivity contribution in [2.45, 2.75) is 32.5 Å². The van der Waals surface area contributed by atoms with Gasteiger partial charge in [0.15, 0.2) is 0 Å². The average Bonchev–Trinajstić information content (AvgIpc) is 2.88. The van der Waals surface area contributed by atoms with E-state index in [1.54, 1.807) is 7.11 Å². The molecule has 116 valence electrons. The van der Waals surface area contributed by atoms with Crippen molar-refractivity contribution in [3.8, 4) is 5.75 Å². The van der Waals surface area contributed by atoms with Gasteiger partial charge in [0.25, 0.3) is 0 Å². The summed E-state index contributed by atoms with van der Waals surface area (Å²) < 4.78 is 10.9. The number of rotatable bonds is 6. The number of nitrogens with one attached hydrogen (secondary N) is 1. The Bertz CT molecular complexity index is 459. The molecule has 1 aromatic carbocycles. The van der Waals surface area contributed by atoms with Crippen molar-refractivity contribution in [2.75, 3.05) is 32.1 Å². The van der Waals surface area contributed by atoms with Gasteiger partial charge < -0.3 is 14.8 Å². The van der Waals surface area contributed by atoms with Gasteiger partial charge in [-0.3, -0.25) is 9.69 Å². The molecule has 1 N–H and O–H groups in total. The molecule has 0 spiro atoms. The number of benzene rings is 1. The largest absolute Gasteiger partial charge is 0.491 e. The second kappa shape index (κ2) is 7.43. The van der Waals surface area contributed by atoms with Gasteiger partial charge in [-0.05, 0) is 44.5 Å². The summed E-state index contributed by atoms with van der Waals surface area (Å²) in [5, 5.41) is 2.91. The van der Waals surface area contributed by atoms with Gasteiger partial charge in [0.2, 0.25) is 5.91 Å². The maximum atomic E-state index is 12.0. The fourth-order valence-corrected chi connectivity index (χ4v) is 2.43. The van der Waals surface area contributed by atoms with Crippen LogP contribution in [-0.2, 0) is 9.53 Å². The normalized spacial score (nSPS) is 19.0. The smallest absolute Gasteiger partial charge is 0.238 e. The molecule has 0 radical (unpaired) electrons. The zero-order chi connectivity index (χ0) is 15.2. The molecule has 0 aliphatic carbocycles. The molecule has 1 aromatic rings. The van der Waals surface area contributed by atoms with Crippen molar-refractivity contribution in [3.63, 3.8) is 0 Å². The number of methoxy groups -OCH3 is 1. The minimum atomic E-state index is 0.00396. The van der Waals surface area contributed by atoms with Crippen molar-refractivity contribution < 1.29 is 14.3 Å². The number of anilines is 1. The lowest BCUT2D eigenvalue weighted by Gasteiger charge is -2.15. The summed E-state index contributed by atoms with van der Waals surface area (Å²) >= 11 is 0. The molecule has 0 unspecified atom stereocenters. The zero-order valence-corrected chi connectivity index (χ0v) is 13.0. The number of carbonyl (C=O) groups excluding carboxylic acids is 1. The highest BCUT2D eigenvalue weighted by molar-refractivity contribution is 5.92. The molecule has 1 heterocycles. The molecular formula is C16H24N2O3. The molecule has 5 nitrogen and oxygen atoms in total. The van der Waals surface area contributed by atoms with Gasteiger partial charge in [0.1, 0.15) is 5.75 Å². The Kier molecular flexibility index (Phi) is 5.59. The Morgan fingerprint density at radius 2 is 2.10 bits per heavy atom. The Morgan fingerprint density at radius 1 is 1.38 bits per heavy atom. The summed E-state index contributed by atoms with van der Waals surface area (Å²) in [6.07, 6.45) is 1.39. The van der Waals surface area contributed by atoms with E-state index < -0.39 is 0 Å². The van der Waals surface area contributed by atoms with Crippen LogP contribution < -0.4 is 10.1 Å². The fraction of sp³-hybridized carbons (Fsp3) is 0.562. The van der Waals surface area contributed by atoms with Gasteiger partial charge in [0.05, 0.1) is 18.8 Å². The average molecular weight is 292 g/mol. The molecule has 1 saturated heterocycles. The van der Waals surface area contributed by atoms with Gasteiger partial charge in [-0.1, -0.05) is 0 Å². The second-order valence-electron chi connectivity index (χ2n) is 5.62. The van der Waals surface area contributed by atoms with E-state index in [1.807, 2.05) is 38.1 Å². The first kappa shape index (κ1) is 15.8. The minimum absolute atomic E-state index is 0.00396. The molecule has 2 rings (SSSR count). The predicted molar refractivity (Wildman–Crippen MR) is 82.7 cm³/mol. The number of hydrogen-bond donors (Lipinski definition) is 1. The number of hydrogen-bond acceptors (Lipinski definition) is 4. The number of ether oxygens (including phenoxy) is 2. The van der Waals surface area contributed by atoms with Crippen LogP contribution in [0.1, 0.15) is 20.3 Å². The third kappa shape index (κ3) is 5.02. The van der Waals surface area contributed by atoms with Crippen LogP contribution >= 0.6 is 0 Å². The molecule has 21 heavy (non-hydrogen) atoms. The summed E-state index contributed by atoms with van der Waals surface area (Å²) in [5.74, 6) is 0.815. The van der Waals surface area contributed by atoms with Crippen molar-refractivity contribution in [2.24, 2.45) is 0 Å². The highest BCUT2D eigenvalue weighted by atomic mass is 16.5. The number of likely N-dealkylation sites (tertiary alicyclic amines) is 1. The van der Waals surface area contributed by atoms with Gasteiger partial charge >= 0.3 is 0 Å². The van der Waals surface area contributed by atoms with Crippen LogP contribution in [-0.4, -0.2) is 49.8 Å². The van der Waals surface area contributed by atoms with E-state index in [1.165, 1.54) is 0 Å². The van der Waals surface area contributed by atoms with E-state index >= 15 is 0 Å². The third-order valence-corrected chi connectivity index (χ3v) is 3.44. The SMILES string of the molecule is CO[C@H]1CCN(CC(=O)Nc2ccc(OC(C)C)cc2)C1. The molecule has 0 aromatic heterocycles. The third-order valence-electron chi connectivity index (χ3n) is 3.44. The predicted octanol–water partition coefficient (Wildman–Crippen LogP) is 2.13. The number of nitrogens with zero attached hydrogens (tertiary/aromatic N) is 1. The van der Waals surface area contributed by atoms with E-state index in [0.29, 0.717) is 6.54 Å². The molecular weight excluding hydrogens is 268 g/mol. The standard InChI is InChI=1S/C16H24N2O3/c1-12(2)21-14-6-4-13(5-7-14)17-16(19)11-18-9-8-15(10-18)20-3/h4-7,12,15H,8-11H2,1-3H3,(H,17,19)/t15-/m0/s1. The Balaban J connectivity index is 1.80. The maximum Gasteiger partial charge on any atom is 0.238 e. The quantitative estimate of drug-likeness (QED) is 0.872. The van der Waals surface area contributed by atoms with Crippen molar-refractivity contribution in [1.82, 2.24) is 4.90 Å². The van der Waals surface area contributed by atoms with Gasteiger partial charge in [0, 0.05) is 25.9 Å². The maximum absolute atomic E-state index is 12.0. The lowest BCUT2D eigenvalue weighted by Crippen LogP contribution is -2.32. The number of amides is 1. The summed E-state index contributed by atoms with van der Waals surface area (Å²) in [4.78, 5) is 14.1. The first-order valence-corrected chi connectivity index (χ1v) is 7.38. The van der Waals surface area contributed by atoms with E-state index in [0.717, 1.165) is 30.9 Å². The van der Waals surface area contributed by atoms with Crippen molar-refractivity contribution >= 4 is 11.6 Å². The van der Waals surface area contributed by atoms with E-state index in [2.05, 4.69) is 10.2 Å². The molecule has 1 aliphatic heterocycles. The topological polar surface area (TPSA) is 50.8 Å². The molecule has 1 aliphatic rings. The lowest BCUT2D eigenvalue weighted by molar-refractivity contribution is -0.117. The second-order valence-corrected chi connectivity index (χ2v) is 5.62. The zero-order valence-electron chi connectivity index (χ0n) is 13.0. The van der Waals surface area contributed by atoms with Gasteiger partial charge in [-0.15, -0.1) is 0 Å². The first-order valence-electron chi connectivity index (χ1n) is 7.38. The van der Waals surface area contributed by atoms with Gasteiger partial charge in [-0.25, -0.2) is 0 Å². The van der Waals surface area contributed by atoms with Crippen LogP contribution in [0.25, 0.3) is 0 Å². The monoisotopic (exact) mass is 292 g/mol. The van der Waals surface area contributed by atoms with Crippen LogP contribution in [0.15, 0.2) is 24.3 Å². The van der Waals surface area contributed by atoms with Crippen LogP contribution in [0, 0.1) is 0 Å². The van der Waals surface area contributed by atoms with Crippen LogP contribution in [0.4, 0.5) is 5.69 Å². The summed E-state index contributed by atoms with van der Waals surface area (Å²) in [5.41, 5.74) is 0.790. The highest BCUT2D eigenvalue weighted by Crippen LogP contribution is 2.17. The van der Waals surface area contributed by atoms with E-state index in [4.69, 9.17) is 9.47 Å². The van der Waals surface area contributed by atoms with Crippen LogP contribution in [0.5, 0.6) is 5.75 Å². The van der Waals surface area contributed by atoms with Crippen LogP contribution in [0.3, 0.4) is 0 Å². The molecule has 0 saturated carbocycles. The highest BCUT2D eigenvalue weighted by Gasteiger charge is 2.23. The minimum Gasteiger partial charge on any atom is -0.491 e. The fourth-order valence-electron chi connectivity index (χ4n) is 2.43. The summed E-state index contributed by atoms with van der Waals surface area (Å²) in [7, 11) is 1.72. The molecule has 5 heteroatoms. The molecule has 1 fully saturated rings. The van der Waals surface area contributed by atoms with E-state index in [9.17, 15) is 4.79 Å². The lowest BCUT2D eigenvalue weighted by atomic mass is 10.3.